The number of fused-ring (bicyclic) bond motifs is 1. The Hall–Kier alpha value is -3.45. The molecule has 0 unspecified atom stereocenters. The molecule has 0 bridgehead atoms. The van der Waals surface area contributed by atoms with Crippen molar-refractivity contribution in [3.8, 4) is 5.69 Å². The molecular weight excluding hydrogens is 378 g/mol. The van der Waals surface area contributed by atoms with E-state index in [2.05, 4.69) is 20.4 Å². The number of nitrogens with one attached hydrogen (secondary N) is 1. The number of hydrogen-bond donors (Lipinski definition) is 1. The first-order chi connectivity index (χ1) is 13.7. The first-order valence-corrected chi connectivity index (χ1v) is 9.05. The number of halogens is 1. The maximum atomic E-state index is 12.4. The summed E-state index contributed by atoms with van der Waals surface area (Å²) < 4.78 is 6.75. The van der Waals surface area contributed by atoms with E-state index in [1.807, 2.05) is 54.6 Å². The van der Waals surface area contributed by atoms with E-state index < -0.39 is 5.97 Å². The first kappa shape index (κ1) is 17.9. The molecule has 0 saturated carbocycles. The summed E-state index contributed by atoms with van der Waals surface area (Å²) in [6.45, 7) is 2.00. The molecule has 0 fully saturated rings. The lowest BCUT2D eigenvalue weighted by atomic mass is 10.3. The van der Waals surface area contributed by atoms with Crippen molar-refractivity contribution in [3.05, 3.63) is 71.5 Å². The lowest BCUT2D eigenvalue weighted by Crippen LogP contribution is -2.10. The van der Waals surface area contributed by atoms with Crippen molar-refractivity contribution in [2.75, 3.05) is 11.9 Å². The third kappa shape index (κ3) is 3.39. The van der Waals surface area contributed by atoms with Gasteiger partial charge < -0.3 is 10.1 Å². The summed E-state index contributed by atoms with van der Waals surface area (Å²) >= 11 is 6.33. The molecule has 0 atom stereocenters. The van der Waals surface area contributed by atoms with Crippen molar-refractivity contribution in [2.45, 2.75) is 6.92 Å². The number of benzene rings is 2. The number of anilines is 2. The van der Waals surface area contributed by atoms with Gasteiger partial charge >= 0.3 is 5.97 Å². The van der Waals surface area contributed by atoms with Crippen molar-refractivity contribution < 1.29 is 9.53 Å². The molecular formula is C20H16ClN5O2. The minimum atomic E-state index is -0.489. The fraction of sp³-hybridized carbons (Fsp3) is 0.100. The summed E-state index contributed by atoms with van der Waals surface area (Å²) in [6.07, 6.45) is 1.45. The predicted octanol–water partition coefficient (Wildman–Crippen LogP) is 4.39. The van der Waals surface area contributed by atoms with E-state index in [9.17, 15) is 4.79 Å². The van der Waals surface area contributed by atoms with Gasteiger partial charge in [-0.2, -0.15) is 5.10 Å². The molecule has 7 nitrogen and oxygen atoms in total. The number of rotatable bonds is 5. The van der Waals surface area contributed by atoms with Crippen LogP contribution in [0.4, 0.5) is 11.6 Å². The Labute approximate surface area is 165 Å². The molecule has 0 radical (unpaired) electrons. The molecule has 28 heavy (non-hydrogen) atoms. The molecule has 0 aliphatic carbocycles. The molecule has 0 aliphatic rings. The fourth-order valence-corrected chi connectivity index (χ4v) is 2.94. The number of nitrogens with zero attached hydrogens (tertiary/aromatic N) is 4. The van der Waals surface area contributed by atoms with Crippen LogP contribution in [0.3, 0.4) is 0 Å². The van der Waals surface area contributed by atoms with Gasteiger partial charge in [-0.15, -0.1) is 0 Å². The van der Waals surface area contributed by atoms with E-state index in [4.69, 9.17) is 16.3 Å². The van der Waals surface area contributed by atoms with Crippen molar-refractivity contribution in [1.29, 1.82) is 0 Å². The predicted molar refractivity (Wildman–Crippen MR) is 107 cm³/mol. The average molecular weight is 394 g/mol. The highest BCUT2D eigenvalue weighted by atomic mass is 35.5. The van der Waals surface area contributed by atoms with Gasteiger partial charge in [0.15, 0.2) is 11.0 Å². The number of esters is 1. The van der Waals surface area contributed by atoms with Gasteiger partial charge in [0.1, 0.15) is 11.4 Å². The first-order valence-electron chi connectivity index (χ1n) is 8.67. The number of carbonyl (C=O) groups is 1. The van der Waals surface area contributed by atoms with E-state index >= 15 is 0 Å². The Balaban J connectivity index is 1.82. The number of carbonyl (C=O) groups excluding carboxylic acids is 1. The molecule has 2 aromatic heterocycles. The van der Waals surface area contributed by atoms with Crippen molar-refractivity contribution in [2.24, 2.45) is 0 Å². The van der Waals surface area contributed by atoms with Crippen LogP contribution in [0.1, 0.15) is 17.3 Å². The van der Waals surface area contributed by atoms with Crippen molar-refractivity contribution in [1.82, 2.24) is 19.7 Å². The molecule has 2 heterocycles. The maximum absolute atomic E-state index is 12.4. The second-order valence-corrected chi connectivity index (χ2v) is 6.21. The zero-order valence-corrected chi connectivity index (χ0v) is 15.7. The van der Waals surface area contributed by atoms with Crippen molar-refractivity contribution in [3.63, 3.8) is 0 Å². The van der Waals surface area contributed by atoms with Crippen LogP contribution < -0.4 is 5.32 Å². The maximum Gasteiger partial charge on any atom is 0.343 e. The Morgan fingerprint density at radius 1 is 1.07 bits per heavy atom. The smallest absolute Gasteiger partial charge is 0.343 e. The van der Waals surface area contributed by atoms with Crippen LogP contribution in [0.25, 0.3) is 16.7 Å². The van der Waals surface area contributed by atoms with Gasteiger partial charge in [0, 0.05) is 0 Å². The Bertz CT molecular complexity index is 1140. The molecule has 4 rings (SSSR count). The highest BCUT2D eigenvalue weighted by Crippen LogP contribution is 2.28. The van der Waals surface area contributed by atoms with E-state index in [-0.39, 0.29) is 17.3 Å². The third-order valence-corrected chi connectivity index (χ3v) is 4.29. The van der Waals surface area contributed by atoms with Gasteiger partial charge in [0.05, 0.1) is 29.5 Å². The fourth-order valence-electron chi connectivity index (χ4n) is 2.76. The molecule has 140 valence electrons. The quantitative estimate of drug-likeness (QED) is 0.506. The summed E-state index contributed by atoms with van der Waals surface area (Å²) in [6, 6.07) is 16.8. The standard InChI is InChI=1S/C20H16ClN5O2/c1-2-28-20(27)14-12-22-26(13-8-4-3-5-9-13)19(14)25-18-17(21)23-15-10-6-7-11-16(15)24-18/h3-12H,2H2,1H3,(H,24,25). The molecule has 1 N–H and O–H groups in total. The minimum absolute atomic E-state index is 0.189. The molecule has 0 aliphatic heterocycles. The van der Waals surface area contributed by atoms with E-state index in [1.165, 1.54) is 6.20 Å². The average Bonchev–Trinajstić information content (AvgIpc) is 3.13. The Kier molecular flexibility index (Phi) is 4.90. The summed E-state index contributed by atoms with van der Waals surface area (Å²) in [5, 5.41) is 7.64. The highest BCUT2D eigenvalue weighted by molar-refractivity contribution is 6.32. The molecule has 0 spiro atoms. The molecule has 4 aromatic rings. The lowest BCUT2D eigenvalue weighted by molar-refractivity contribution is 0.0527. The monoisotopic (exact) mass is 393 g/mol. The summed E-state index contributed by atoms with van der Waals surface area (Å²) in [5.74, 6) is 0.233. The number of para-hydroxylation sites is 3. The minimum Gasteiger partial charge on any atom is -0.462 e. The van der Waals surface area contributed by atoms with Crippen LogP contribution in [0.2, 0.25) is 5.15 Å². The van der Waals surface area contributed by atoms with Crippen LogP contribution in [0, 0.1) is 0 Å². The SMILES string of the molecule is CCOC(=O)c1cnn(-c2ccccc2)c1Nc1nc2ccccc2nc1Cl. The Morgan fingerprint density at radius 2 is 1.75 bits per heavy atom. The number of ether oxygens (including phenoxy) is 1. The van der Waals surface area contributed by atoms with Crippen LogP contribution in [0.5, 0.6) is 0 Å². The van der Waals surface area contributed by atoms with Gasteiger partial charge in [-0.1, -0.05) is 41.9 Å². The van der Waals surface area contributed by atoms with Crippen LogP contribution in [-0.2, 0) is 4.74 Å². The van der Waals surface area contributed by atoms with Gasteiger partial charge in [-0.05, 0) is 31.2 Å². The Morgan fingerprint density at radius 3 is 2.46 bits per heavy atom. The van der Waals surface area contributed by atoms with Crippen LogP contribution >= 0.6 is 11.6 Å². The summed E-state index contributed by atoms with van der Waals surface area (Å²) in [4.78, 5) is 21.3. The summed E-state index contributed by atoms with van der Waals surface area (Å²) in [5.41, 5.74) is 2.40. The van der Waals surface area contributed by atoms with Gasteiger partial charge in [-0.3, -0.25) is 0 Å². The van der Waals surface area contributed by atoms with Crippen LogP contribution in [0.15, 0.2) is 60.8 Å². The molecule has 8 heteroatoms. The highest BCUT2D eigenvalue weighted by Gasteiger charge is 2.21. The van der Waals surface area contributed by atoms with E-state index in [1.54, 1.807) is 11.6 Å². The topological polar surface area (TPSA) is 81.9 Å². The number of hydrogen-bond acceptors (Lipinski definition) is 6. The van der Waals surface area contributed by atoms with E-state index in [0.29, 0.717) is 22.7 Å². The van der Waals surface area contributed by atoms with Gasteiger partial charge in [0.25, 0.3) is 0 Å². The van der Waals surface area contributed by atoms with Gasteiger partial charge in [-0.25, -0.2) is 19.4 Å². The van der Waals surface area contributed by atoms with Gasteiger partial charge in [0.2, 0.25) is 0 Å². The zero-order valence-electron chi connectivity index (χ0n) is 15.0. The van der Waals surface area contributed by atoms with Crippen LogP contribution in [-0.4, -0.2) is 32.3 Å². The van der Waals surface area contributed by atoms with E-state index in [0.717, 1.165) is 5.69 Å². The molecule has 2 aromatic carbocycles. The second-order valence-electron chi connectivity index (χ2n) is 5.85. The normalized spacial score (nSPS) is 10.8. The molecule has 0 saturated heterocycles. The number of aromatic nitrogens is 4. The third-order valence-electron chi connectivity index (χ3n) is 4.03. The second kappa shape index (κ2) is 7.66. The zero-order chi connectivity index (χ0) is 19.5. The van der Waals surface area contributed by atoms with Crippen molar-refractivity contribution >= 4 is 40.2 Å². The summed E-state index contributed by atoms with van der Waals surface area (Å²) in [7, 11) is 0. The molecule has 0 amide bonds. The largest absolute Gasteiger partial charge is 0.462 e. The lowest BCUT2D eigenvalue weighted by Gasteiger charge is -2.12.